The Morgan fingerprint density at radius 3 is 3.00 bits per heavy atom. The van der Waals surface area contributed by atoms with Gasteiger partial charge in [0.2, 0.25) is 6.39 Å². The van der Waals surface area contributed by atoms with E-state index in [4.69, 9.17) is 4.52 Å². The number of ketones is 1. The Balaban J connectivity index is 1.82. The zero-order valence-electron chi connectivity index (χ0n) is 11.2. The van der Waals surface area contributed by atoms with E-state index in [9.17, 15) is 4.79 Å². The highest BCUT2D eigenvalue weighted by Crippen LogP contribution is 2.35. The van der Waals surface area contributed by atoms with Crippen LogP contribution in [-0.4, -0.2) is 20.5 Å². The topological polar surface area (TPSA) is 60.9 Å². The Kier molecular flexibility index (Phi) is 2.77. The summed E-state index contributed by atoms with van der Waals surface area (Å²) in [6.07, 6.45) is 5.62. The zero-order valence-corrected chi connectivity index (χ0v) is 11.2. The van der Waals surface area contributed by atoms with Crippen molar-refractivity contribution in [2.75, 3.05) is 0 Å². The molecule has 0 fully saturated rings. The van der Waals surface area contributed by atoms with Crippen molar-refractivity contribution in [1.82, 2.24) is 14.7 Å². The van der Waals surface area contributed by atoms with E-state index in [1.807, 2.05) is 12.3 Å². The first-order valence-corrected chi connectivity index (χ1v) is 6.52. The van der Waals surface area contributed by atoms with Crippen LogP contribution in [0.15, 0.2) is 23.2 Å². The number of Topliss-reactive ketones (excluding diaryl/α,β-unsaturated/α-hetero) is 1. The third kappa shape index (κ3) is 2.32. The number of hydrogen-bond donors (Lipinski definition) is 0. The predicted octanol–water partition coefficient (Wildman–Crippen LogP) is 2.27. The number of carbonyl (C=O) groups is 1. The summed E-state index contributed by atoms with van der Waals surface area (Å²) in [5.41, 5.74) is 2.07. The lowest BCUT2D eigenvalue weighted by molar-refractivity contribution is 0.0910. The van der Waals surface area contributed by atoms with Gasteiger partial charge < -0.3 is 9.09 Å². The summed E-state index contributed by atoms with van der Waals surface area (Å²) in [6, 6.07) is 1.93. The molecule has 19 heavy (non-hydrogen) atoms. The minimum atomic E-state index is 0.0479. The molecule has 0 saturated heterocycles. The quantitative estimate of drug-likeness (QED) is 0.848. The monoisotopic (exact) mass is 259 g/mol. The molecule has 2 heterocycles. The summed E-state index contributed by atoms with van der Waals surface area (Å²) >= 11 is 0. The number of hydrogen-bond acceptors (Lipinski definition) is 4. The first-order chi connectivity index (χ1) is 9.05. The molecule has 3 rings (SSSR count). The molecular weight excluding hydrogens is 242 g/mol. The molecule has 0 saturated carbocycles. The molecule has 5 nitrogen and oxygen atoms in total. The molecule has 0 unspecified atom stereocenters. The third-order valence-corrected chi connectivity index (χ3v) is 3.65. The van der Waals surface area contributed by atoms with Crippen LogP contribution in [0.25, 0.3) is 0 Å². The van der Waals surface area contributed by atoms with Gasteiger partial charge in [-0.1, -0.05) is 19.0 Å². The number of rotatable bonds is 3. The second kappa shape index (κ2) is 4.33. The van der Waals surface area contributed by atoms with Gasteiger partial charge in [-0.05, 0) is 17.9 Å². The molecule has 0 radical (unpaired) electrons. The van der Waals surface area contributed by atoms with Crippen molar-refractivity contribution in [2.45, 2.75) is 39.7 Å². The molecule has 100 valence electrons. The molecule has 0 amide bonds. The lowest BCUT2D eigenvalue weighted by Crippen LogP contribution is -2.28. The van der Waals surface area contributed by atoms with Gasteiger partial charge in [0.25, 0.3) is 0 Å². The van der Waals surface area contributed by atoms with Crippen LogP contribution < -0.4 is 0 Å². The predicted molar refractivity (Wildman–Crippen MR) is 68.9 cm³/mol. The van der Waals surface area contributed by atoms with Gasteiger partial charge in [-0.15, -0.1) is 0 Å². The van der Waals surface area contributed by atoms with Crippen LogP contribution in [0.4, 0.5) is 0 Å². The number of carbonyl (C=O) groups excluding carboxylic acids is 1. The van der Waals surface area contributed by atoms with Gasteiger partial charge in [0.15, 0.2) is 11.6 Å². The highest BCUT2D eigenvalue weighted by molar-refractivity contribution is 5.98. The Morgan fingerprint density at radius 1 is 1.42 bits per heavy atom. The van der Waals surface area contributed by atoms with Gasteiger partial charge >= 0.3 is 0 Å². The van der Waals surface area contributed by atoms with Crippen LogP contribution in [-0.2, 0) is 19.4 Å². The normalized spacial score (nSPS) is 17.5. The van der Waals surface area contributed by atoms with E-state index in [1.54, 1.807) is 0 Å². The number of fused-ring (bicyclic) bond motifs is 1. The first kappa shape index (κ1) is 12.1. The Bertz CT molecular complexity index is 596. The fourth-order valence-corrected chi connectivity index (χ4v) is 2.73. The molecule has 1 aliphatic rings. The summed E-state index contributed by atoms with van der Waals surface area (Å²) in [6.45, 7) is 5.06. The maximum atomic E-state index is 12.1. The average Bonchev–Trinajstić information content (AvgIpc) is 2.93. The Labute approximate surface area is 111 Å². The Hall–Kier alpha value is -1.91. The van der Waals surface area contributed by atoms with E-state index in [2.05, 4.69) is 28.6 Å². The van der Waals surface area contributed by atoms with Gasteiger partial charge in [0, 0.05) is 36.8 Å². The van der Waals surface area contributed by atoms with E-state index in [-0.39, 0.29) is 11.2 Å². The zero-order chi connectivity index (χ0) is 13.5. The Morgan fingerprint density at radius 2 is 2.26 bits per heavy atom. The van der Waals surface area contributed by atoms with Crippen molar-refractivity contribution in [2.24, 2.45) is 5.41 Å². The van der Waals surface area contributed by atoms with E-state index in [0.29, 0.717) is 18.7 Å². The second-order valence-corrected chi connectivity index (χ2v) is 5.91. The smallest absolute Gasteiger partial charge is 0.213 e. The summed E-state index contributed by atoms with van der Waals surface area (Å²) in [5.74, 6) is 0.952. The van der Waals surface area contributed by atoms with Crippen molar-refractivity contribution in [3.63, 3.8) is 0 Å². The van der Waals surface area contributed by atoms with Crippen molar-refractivity contribution < 1.29 is 9.32 Å². The summed E-state index contributed by atoms with van der Waals surface area (Å²) in [7, 11) is 0. The minimum absolute atomic E-state index is 0.0479. The molecule has 5 heteroatoms. The van der Waals surface area contributed by atoms with Crippen LogP contribution >= 0.6 is 0 Å². The molecule has 2 aromatic heterocycles. The van der Waals surface area contributed by atoms with Gasteiger partial charge in [0.1, 0.15) is 0 Å². The van der Waals surface area contributed by atoms with Crippen LogP contribution in [0.2, 0.25) is 0 Å². The standard InChI is InChI=1S/C14H17N3O2/c1-14(2)7-11-10(12(18)8-14)3-5-17(11)6-4-13-15-9-19-16-13/h3,5,9H,4,6-8H2,1-2H3. The molecule has 0 N–H and O–H groups in total. The van der Waals surface area contributed by atoms with Crippen molar-refractivity contribution in [3.8, 4) is 0 Å². The first-order valence-electron chi connectivity index (χ1n) is 6.52. The van der Waals surface area contributed by atoms with Gasteiger partial charge in [-0.25, -0.2) is 0 Å². The third-order valence-electron chi connectivity index (χ3n) is 3.65. The number of aromatic nitrogens is 3. The molecule has 0 atom stereocenters. The summed E-state index contributed by atoms with van der Waals surface area (Å²) in [4.78, 5) is 16.1. The fourth-order valence-electron chi connectivity index (χ4n) is 2.73. The molecule has 1 aliphatic carbocycles. The lowest BCUT2D eigenvalue weighted by Gasteiger charge is -2.29. The van der Waals surface area contributed by atoms with Crippen molar-refractivity contribution in [1.29, 1.82) is 0 Å². The van der Waals surface area contributed by atoms with Gasteiger partial charge in [-0.3, -0.25) is 4.79 Å². The van der Waals surface area contributed by atoms with Gasteiger partial charge in [-0.2, -0.15) is 4.98 Å². The summed E-state index contributed by atoms with van der Waals surface area (Å²) in [5, 5.41) is 3.80. The minimum Gasteiger partial charge on any atom is -0.350 e. The van der Waals surface area contributed by atoms with Crippen LogP contribution in [0.1, 0.15) is 42.1 Å². The molecule has 0 aromatic carbocycles. The van der Waals surface area contributed by atoms with Crippen molar-refractivity contribution in [3.05, 3.63) is 35.7 Å². The maximum absolute atomic E-state index is 12.1. The molecule has 2 aromatic rings. The number of nitrogens with zero attached hydrogens (tertiary/aromatic N) is 3. The van der Waals surface area contributed by atoms with E-state index < -0.39 is 0 Å². The maximum Gasteiger partial charge on any atom is 0.213 e. The van der Waals surface area contributed by atoms with E-state index in [0.717, 1.165) is 24.2 Å². The van der Waals surface area contributed by atoms with Crippen LogP contribution in [0.5, 0.6) is 0 Å². The molecule has 0 spiro atoms. The SMILES string of the molecule is CC1(C)CC(=O)c2ccn(CCc3ncon3)c2C1. The fraction of sp³-hybridized carbons (Fsp3) is 0.500. The number of aryl methyl sites for hydroxylation is 2. The van der Waals surface area contributed by atoms with Crippen molar-refractivity contribution >= 4 is 5.78 Å². The molecule has 0 aliphatic heterocycles. The van der Waals surface area contributed by atoms with Crippen LogP contribution in [0, 0.1) is 5.41 Å². The molecular formula is C14H17N3O2. The summed E-state index contributed by atoms with van der Waals surface area (Å²) < 4.78 is 6.87. The average molecular weight is 259 g/mol. The highest BCUT2D eigenvalue weighted by atomic mass is 16.5. The van der Waals surface area contributed by atoms with E-state index >= 15 is 0 Å². The van der Waals surface area contributed by atoms with Gasteiger partial charge in [0.05, 0.1) is 0 Å². The second-order valence-electron chi connectivity index (χ2n) is 5.91. The lowest BCUT2D eigenvalue weighted by atomic mass is 9.76. The van der Waals surface area contributed by atoms with Crippen LogP contribution in [0.3, 0.4) is 0 Å². The largest absolute Gasteiger partial charge is 0.350 e. The highest BCUT2D eigenvalue weighted by Gasteiger charge is 2.32. The molecule has 0 bridgehead atoms. The van der Waals surface area contributed by atoms with E-state index in [1.165, 1.54) is 6.39 Å².